The fraction of sp³-hybridized carbons (Fsp3) is 0.636. The fourth-order valence-corrected chi connectivity index (χ4v) is 2.50. The van der Waals surface area contributed by atoms with Crippen molar-refractivity contribution in [2.45, 2.75) is 19.5 Å². The molecule has 1 N–H and O–H groups in total. The zero-order chi connectivity index (χ0) is 12.2. The Morgan fingerprint density at radius 2 is 2.12 bits per heavy atom. The summed E-state index contributed by atoms with van der Waals surface area (Å²) in [5, 5.41) is 8.98. The number of rotatable bonds is 2. The van der Waals surface area contributed by atoms with Crippen molar-refractivity contribution in [3.63, 3.8) is 0 Å². The Labute approximate surface area is 97.3 Å². The zero-order valence-electron chi connectivity index (χ0n) is 9.40. The zero-order valence-corrected chi connectivity index (χ0v) is 9.40. The van der Waals surface area contributed by atoms with Crippen LogP contribution >= 0.6 is 0 Å². The highest BCUT2D eigenvalue weighted by molar-refractivity contribution is 5.42. The van der Waals surface area contributed by atoms with E-state index in [9.17, 15) is 8.78 Å². The summed E-state index contributed by atoms with van der Waals surface area (Å²) in [7, 11) is 0. The molecule has 1 aromatic heterocycles. The molecule has 1 aliphatic carbocycles. The average Bonchev–Trinajstić information content (AvgIpc) is 2.70. The van der Waals surface area contributed by atoms with Crippen LogP contribution in [0.1, 0.15) is 11.4 Å². The van der Waals surface area contributed by atoms with Crippen molar-refractivity contribution >= 4 is 5.82 Å². The molecule has 92 valence electrons. The second-order valence-corrected chi connectivity index (χ2v) is 4.71. The van der Waals surface area contributed by atoms with Gasteiger partial charge in [-0.25, -0.2) is 13.8 Å². The van der Waals surface area contributed by atoms with Crippen LogP contribution in [0.2, 0.25) is 0 Å². The Morgan fingerprint density at radius 3 is 2.65 bits per heavy atom. The number of nitrogens with zero attached hydrogens (tertiary/aromatic N) is 3. The van der Waals surface area contributed by atoms with E-state index in [2.05, 4.69) is 9.97 Å². The Kier molecular flexibility index (Phi) is 2.13. The standard InChI is InChI=1S/C11H13F2N3O/c1-6-9(5-17)14-2-10(15-6)16-3-7-8(4-16)11(7,12)13/h2,7-8,17H,3-5H2,1H3/t7-,8?/m0/s1. The Morgan fingerprint density at radius 1 is 1.47 bits per heavy atom. The molecule has 4 nitrogen and oxygen atoms in total. The molecule has 0 bridgehead atoms. The van der Waals surface area contributed by atoms with Crippen LogP contribution in [0.15, 0.2) is 6.20 Å². The first-order valence-corrected chi connectivity index (χ1v) is 5.60. The van der Waals surface area contributed by atoms with Gasteiger partial charge in [0, 0.05) is 13.1 Å². The van der Waals surface area contributed by atoms with Gasteiger partial charge in [0.15, 0.2) is 0 Å². The fourth-order valence-electron chi connectivity index (χ4n) is 2.50. The van der Waals surface area contributed by atoms with E-state index in [-0.39, 0.29) is 6.61 Å². The van der Waals surface area contributed by atoms with E-state index < -0.39 is 17.8 Å². The third kappa shape index (κ3) is 1.50. The van der Waals surface area contributed by atoms with Crippen LogP contribution in [0.5, 0.6) is 0 Å². The molecule has 0 radical (unpaired) electrons. The molecule has 1 aliphatic heterocycles. The molecule has 3 rings (SSSR count). The van der Waals surface area contributed by atoms with E-state index in [4.69, 9.17) is 5.11 Å². The van der Waals surface area contributed by atoms with E-state index >= 15 is 0 Å². The Bertz CT molecular complexity index is 452. The minimum absolute atomic E-state index is 0.150. The van der Waals surface area contributed by atoms with Crippen LogP contribution in [-0.2, 0) is 6.61 Å². The highest BCUT2D eigenvalue weighted by Gasteiger charge is 2.71. The molecular weight excluding hydrogens is 228 g/mol. The van der Waals surface area contributed by atoms with Crippen LogP contribution in [0.4, 0.5) is 14.6 Å². The van der Waals surface area contributed by atoms with Gasteiger partial charge >= 0.3 is 0 Å². The van der Waals surface area contributed by atoms with Gasteiger partial charge in [0.05, 0.1) is 36.0 Å². The molecule has 2 fully saturated rings. The summed E-state index contributed by atoms with van der Waals surface area (Å²) >= 11 is 0. The number of alkyl halides is 2. The second kappa shape index (κ2) is 3.35. The number of aliphatic hydroxyl groups excluding tert-OH is 1. The lowest BCUT2D eigenvalue weighted by molar-refractivity contribution is 0.0797. The van der Waals surface area contributed by atoms with Gasteiger partial charge < -0.3 is 10.0 Å². The van der Waals surface area contributed by atoms with E-state index in [0.717, 1.165) is 0 Å². The number of aryl methyl sites for hydroxylation is 1. The molecule has 2 heterocycles. The van der Waals surface area contributed by atoms with Gasteiger partial charge in [0.25, 0.3) is 5.92 Å². The normalized spacial score (nSPS) is 29.3. The summed E-state index contributed by atoms with van der Waals surface area (Å²) in [5.74, 6) is -2.86. The largest absolute Gasteiger partial charge is 0.390 e. The van der Waals surface area contributed by atoms with Crippen molar-refractivity contribution in [2.75, 3.05) is 18.0 Å². The number of halogens is 2. The van der Waals surface area contributed by atoms with Gasteiger partial charge in [-0.3, -0.25) is 4.98 Å². The SMILES string of the molecule is Cc1nc(N2CC3[C@H](C2)C3(F)F)cnc1CO. The van der Waals surface area contributed by atoms with Crippen LogP contribution in [0, 0.1) is 18.8 Å². The summed E-state index contributed by atoms with van der Waals surface area (Å²) in [4.78, 5) is 10.2. The lowest BCUT2D eigenvalue weighted by Gasteiger charge is -2.21. The third-order valence-corrected chi connectivity index (χ3v) is 3.71. The number of aromatic nitrogens is 2. The second-order valence-electron chi connectivity index (χ2n) is 4.71. The van der Waals surface area contributed by atoms with Crippen molar-refractivity contribution < 1.29 is 13.9 Å². The van der Waals surface area contributed by atoms with Crippen LogP contribution in [0.3, 0.4) is 0 Å². The third-order valence-electron chi connectivity index (χ3n) is 3.71. The molecule has 0 amide bonds. The average molecular weight is 241 g/mol. The van der Waals surface area contributed by atoms with Crippen molar-refractivity contribution in [3.8, 4) is 0 Å². The first kappa shape index (κ1) is 10.8. The maximum Gasteiger partial charge on any atom is 0.258 e. The topological polar surface area (TPSA) is 49.2 Å². The molecule has 1 aromatic rings. The van der Waals surface area contributed by atoms with Crippen LogP contribution in [0.25, 0.3) is 0 Å². The number of fused-ring (bicyclic) bond motifs is 1. The highest BCUT2D eigenvalue weighted by atomic mass is 19.3. The van der Waals surface area contributed by atoms with Crippen molar-refractivity contribution in [3.05, 3.63) is 17.6 Å². The summed E-state index contributed by atoms with van der Waals surface area (Å²) in [5.41, 5.74) is 1.18. The van der Waals surface area contributed by atoms with Gasteiger partial charge in [-0.15, -0.1) is 0 Å². The minimum Gasteiger partial charge on any atom is -0.390 e. The quantitative estimate of drug-likeness (QED) is 0.838. The summed E-state index contributed by atoms with van der Waals surface area (Å²) in [6.45, 7) is 2.31. The van der Waals surface area contributed by atoms with Gasteiger partial charge in [-0.1, -0.05) is 0 Å². The minimum atomic E-state index is -2.47. The molecule has 1 unspecified atom stereocenters. The van der Waals surface area contributed by atoms with Gasteiger partial charge in [0.1, 0.15) is 5.82 Å². The molecule has 2 aliphatic rings. The summed E-state index contributed by atoms with van der Waals surface area (Å²) in [6.07, 6.45) is 1.54. The molecule has 0 aromatic carbocycles. The first-order valence-electron chi connectivity index (χ1n) is 5.60. The maximum absolute atomic E-state index is 13.0. The van der Waals surface area contributed by atoms with E-state index in [0.29, 0.717) is 30.3 Å². The lowest BCUT2D eigenvalue weighted by atomic mass is 10.3. The number of hydrogen-bond acceptors (Lipinski definition) is 4. The molecule has 2 atom stereocenters. The highest BCUT2D eigenvalue weighted by Crippen LogP contribution is 2.59. The number of hydrogen-bond donors (Lipinski definition) is 1. The smallest absolute Gasteiger partial charge is 0.258 e. The van der Waals surface area contributed by atoms with E-state index in [1.165, 1.54) is 0 Å². The molecule has 1 saturated carbocycles. The van der Waals surface area contributed by atoms with E-state index in [1.807, 2.05) is 4.90 Å². The monoisotopic (exact) mass is 241 g/mol. The molecular formula is C11H13F2N3O. The van der Waals surface area contributed by atoms with Crippen molar-refractivity contribution in [1.82, 2.24) is 9.97 Å². The van der Waals surface area contributed by atoms with Gasteiger partial charge in [0.2, 0.25) is 0 Å². The molecule has 6 heteroatoms. The van der Waals surface area contributed by atoms with Crippen LogP contribution in [-0.4, -0.2) is 34.1 Å². The van der Waals surface area contributed by atoms with E-state index in [1.54, 1.807) is 13.1 Å². The number of aliphatic hydroxyl groups is 1. The van der Waals surface area contributed by atoms with Gasteiger partial charge in [-0.05, 0) is 6.92 Å². The van der Waals surface area contributed by atoms with Crippen molar-refractivity contribution in [1.29, 1.82) is 0 Å². The lowest BCUT2D eigenvalue weighted by Crippen LogP contribution is -2.28. The molecule has 0 spiro atoms. The predicted octanol–water partition coefficient (Wildman–Crippen LogP) is 0.979. The molecule has 1 saturated heterocycles. The Balaban J connectivity index is 1.77. The summed E-state index contributed by atoms with van der Waals surface area (Å²) < 4.78 is 26.1. The van der Waals surface area contributed by atoms with Crippen LogP contribution < -0.4 is 4.90 Å². The predicted molar refractivity (Wildman–Crippen MR) is 56.8 cm³/mol. The maximum atomic E-state index is 13.0. The first-order chi connectivity index (χ1) is 8.04. The summed E-state index contributed by atoms with van der Waals surface area (Å²) in [6, 6.07) is 0. The molecule has 17 heavy (non-hydrogen) atoms. The van der Waals surface area contributed by atoms with Crippen molar-refractivity contribution in [2.24, 2.45) is 11.8 Å². The number of anilines is 1. The van der Waals surface area contributed by atoms with Gasteiger partial charge in [-0.2, -0.15) is 0 Å². The number of piperidine rings is 1. The Hall–Kier alpha value is -1.30.